The number of thiophene rings is 1. The van der Waals surface area contributed by atoms with Crippen LogP contribution in [0.15, 0.2) is 241 Å². The van der Waals surface area contributed by atoms with Gasteiger partial charge in [-0.25, -0.2) is 15.0 Å². The highest BCUT2D eigenvalue weighted by atomic mass is 32.1. The Kier molecular flexibility index (Phi) is 8.43. The fourth-order valence-corrected chi connectivity index (χ4v) is 10.7. The van der Waals surface area contributed by atoms with Crippen LogP contribution in [0.2, 0.25) is 0 Å². The summed E-state index contributed by atoms with van der Waals surface area (Å²) in [5.74, 6) is 1.57. The summed E-state index contributed by atoms with van der Waals surface area (Å²) in [6.07, 6.45) is 0. The molecule has 68 heavy (non-hydrogen) atoms. The molecule has 0 unspecified atom stereocenters. The molecule has 10 aromatic carbocycles. The summed E-state index contributed by atoms with van der Waals surface area (Å²) in [5.41, 5.74) is 13.1. The minimum atomic E-state index is -0.415. The molecule has 0 saturated heterocycles. The van der Waals surface area contributed by atoms with Crippen molar-refractivity contribution in [3.05, 3.63) is 236 Å². The number of para-hydroxylation sites is 1. The van der Waals surface area contributed by atoms with Crippen molar-refractivity contribution in [1.29, 1.82) is 0 Å². The van der Waals surface area contributed by atoms with Crippen molar-refractivity contribution < 1.29 is 11.3 Å². The van der Waals surface area contributed by atoms with Gasteiger partial charge in [-0.3, -0.25) is 0 Å². The first kappa shape index (κ1) is 34.6. The van der Waals surface area contributed by atoms with Gasteiger partial charge in [0.15, 0.2) is 17.5 Å². The van der Waals surface area contributed by atoms with E-state index < -0.39 is 6.04 Å². The van der Waals surface area contributed by atoms with Crippen LogP contribution in [0.1, 0.15) is 6.85 Å². The molecule has 0 radical (unpaired) electrons. The number of nitrogens with zero attached hydrogens (tertiary/aromatic N) is 3. The van der Waals surface area contributed by atoms with E-state index in [1.54, 1.807) is 17.4 Å². The Morgan fingerprint density at radius 1 is 0.353 bits per heavy atom. The summed E-state index contributed by atoms with van der Waals surface area (Å²) in [4.78, 5) is 16.0. The van der Waals surface area contributed by atoms with Crippen molar-refractivity contribution in [2.24, 2.45) is 0 Å². The molecule has 0 bridgehead atoms. The molecule has 318 valence electrons. The summed E-state index contributed by atoms with van der Waals surface area (Å²) < 4.78 is 51.1. The van der Waals surface area contributed by atoms with Crippen LogP contribution in [-0.4, -0.2) is 15.0 Å². The van der Waals surface area contributed by atoms with E-state index in [9.17, 15) is 0 Å². The molecule has 0 N–H and O–H groups in total. The van der Waals surface area contributed by atoms with Gasteiger partial charge < -0.3 is 4.42 Å². The lowest BCUT2D eigenvalue weighted by molar-refractivity contribution is 0.670. The zero-order chi connectivity index (χ0) is 49.3. The Hall–Kier alpha value is -8.77. The maximum Gasteiger partial charge on any atom is 0.164 e. The first-order valence-corrected chi connectivity index (χ1v) is 23.2. The van der Waals surface area contributed by atoms with E-state index in [0.29, 0.717) is 23.0 Å². The second-order valence-corrected chi connectivity index (χ2v) is 17.8. The predicted molar refractivity (Wildman–Crippen MR) is 283 cm³/mol. The van der Waals surface area contributed by atoms with Crippen molar-refractivity contribution in [2.75, 3.05) is 0 Å². The number of hydrogen-bond acceptors (Lipinski definition) is 5. The number of aromatic nitrogens is 3. The van der Waals surface area contributed by atoms with Gasteiger partial charge in [0.25, 0.3) is 0 Å². The fraction of sp³-hybridized carbons (Fsp3) is 0. The first-order valence-electron chi connectivity index (χ1n) is 24.9. The van der Waals surface area contributed by atoms with Crippen LogP contribution in [0.4, 0.5) is 0 Å². The fourth-order valence-electron chi connectivity index (χ4n) is 9.44. The molecule has 0 spiro atoms. The third-order valence-electron chi connectivity index (χ3n) is 12.7. The van der Waals surface area contributed by atoms with Gasteiger partial charge in [-0.15, -0.1) is 11.3 Å². The van der Waals surface area contributed by atoms with Crippen LogP contribution >= 0.6 is 11.3 Å². The Morgan fingerprint density at radius 3 is 1.57 bits per heavy atom. The third-order valence-corrected chi connectivity index (χ3v) is 13.9. The summed E-state index contributed by atoms with van der Waals surface area (Å²) in [5, 5.41) is 3.89. The molecule has 4 nitrogen and oxygen atoms in total. The number of furan rings is 1. The molecule has 13 aromatic rings. The van der Waals surface area contributed by atoms with Gasteiger partial charge in [0.2, 0.25) is 0 Å². The number of benzene rings is 10. The summed E-state index contributed by atoms with van der Waals surface area (Å²) in [6.45, 7) is 0. The lowest BCUT2D eigenvalue weighted by Crippen LogP contribution is -2.00. The van der Waals surface area contributed by atoms with Gasteiger partial charge in [0.1, 0.15) is 11.2 Å². The van der Waals surface area contributed by atoms with Crippen LogP contribution in [0.3, 0.4) is 0 Å². The zero-order valence-corrected chi connectivity index (χ0v) is 37.1. The molecule has 0 fully saturated rings. The maximum absolute atomic E-state index is 8.69. The molecule has 3 aromatic heterocycles. The van der Waals surface area contributed by atoms with Crippen molar-refractivity contribution in [2.45, 2.75) is 0 Å². The van der Waals surface area contributed by atoms with Crippen LogP contribution in [0, 0.1) is 0 Å². The minimum absolute atomic E-state index is 0.169. The largest absolute Gasteiger partial charge is 0.455 e. The van der Waals surface area contributed by atoms with Gasteiger partial charge in [-0.05, 0) is 74.3 Å². The molecule has 0 aliphatic carbocycles. The minimum Gasteiger partial charge on any atom is -0.455 e. The maximum atomic E-state index is 8.69. The van der Waals surface area contributed by atoms with Crippen LogP contribution < -0.4 is 0 Å². The first-order chi connectivity index (χ1) is 35.8. The van der Waals surface area contributed by atoms with Crippen LogP contribution in [-0.2, 0) is 0 Å². The SMILES string of the molecule is [2H]c1c([2H])c([2H])c(-c2cccc(-c3cccc4c3sc3cccc(-c5nc(-c6ccc(-c7ccccc7)cc6)nc(-c6cccc7oc8c(-c9cccc(-c%10ccccc%10)c9)cccc8c67)n5)c34)c2)c([2H])c1[2H]. The summed E-state index contributed by atoms with van der Waals surface area (Å²) in [7, 11) is 0. The van der Waals surface area contributed by atoms with Gasteiger partial charge in [0, 0.05) is 53.2 Å². The Balaban J connectivity index is 0.986. The van der Waals surface area contributed by atoms with E-state index in [1.807, 2.05) is 66.7 Å². The molecule has 0 aliphatic rings. The Labute approximate surface area is 404 Å². The van der Waals surface area contributed by atoms with Gasteiger partial charge in [-0.1, -0.05) is 212 Å². The average Bonchev–Trinajstić information content (AvgIpc) is 4.04. The van der Waals surface area contributed by atoms with E-state index in [-0.39, 0.29) is 29.7 Å². The standard InChI is InChI=1S/C63H39N3OS/c1-4-16-40(17-5-1)43-34-36-44(37-35-43)61-64-62(53-30-14-32-55-57(53)51-28-12-26-49(59(51)67-55)47-24-10-22-45(38-47)41-18-6-2-7-19-41)66-63(65-61)54-31-15-33-56-58(54)52-29-13-27-50(60(52)68-56)48-25-11-23-46(39-48)42-20-8-3-9-21-42/h1-39H/i3D,8D,9D,20D,21D. The molecule has 0 aliphatic heterocycles. The van der Waals surface area contributed by atoms with E-state index in [4.69, 9.17) is 26.2 Å². The topological polar surface area (TPSA) is 51.8 Å². The Bertz CT molecular complexity index is 4300. The monoisotopic (exact) mass is 890 g/mol. The lowest BCUT2D eigenvalue weighted by Gasteiger charge is -2.11. The van der Waals surface area contributed by atoms with Gasteiger partial charge >= 0.3 is 0 Å². The van der Waals surface area contributed by atoms with Gasteiger partial charge in [-0.2, -0.15) is 0 Å². The second-order valence-electron chi connectivity index (χ2n) is 16.7. The molecular weight excluding hydrogens is 847 g/mol. The molecule has 0 saturated carbocycles. The average molecular weight is 891 g/mol. The number of hydrogen-bond donors (Lipinski definition) is 0. The van der Waals surface area contributed by atoms with Gasteiger partial charge in [0.05, 0.1) is 6.85 Å². The lowest BCUT2D eigenvalue weighted by atomic mass is 9.97. The quantitative estimate of drug-likeness (QED) is 0.152. The second kappa shape index (κ2) is 16.6. The van der Waals surface area contributed by atoms with E-state index in [2.05, 4.69) is 133 Å². The van der Waals surface area contributed by atoms with E-state index in [0.717, 1.165) is 103 Å². The van der Waals surface area contributed by atoms with Crippen molar-refractivity contribution in [1.82, 2.24) is 15.0 Å². The smallest absolute Gasteiger partial charge is 0.164 e. The number of fused-ring (bicyclic) bond motifs is 6. The highest BCUT2D eigenvalue weighted by molar-refractivity contribution is 7.26. The molecule has 13 rings (SSSR count). The van der Waals surface area contributed by atoms with E-state index >= 15 is 0 Å². The zero-order valence-electron chi connectivity index (χ0n) is 41.3. The molecule has 3 heterocycles. The summed E-state index contributed by atoms with van der Waals surface area (Å²) >= 11 is 1.67. The highest BCUT2D eigenvalue weighted by Crippen LogP contribution is 2.45. The van der Waals surface area contributed by atoms with Crippen molar-refractivity contribution in [3.8, 4) is 89.8 Å². The van der Waals surface area contributed by atoms with Crippen LogP contribution in [0.25, 0.3) is 132 Å². The van der Waals surface area contributed by atoms with Crippen molar-refractivity contribution in [3.63, 3.8) is 0 Å². The summed E-state index contributed by atoms with van der Waals surface area (Å²) in [6, 6.07) is 68.4. The van der Waals surface area contributed by atoms with Crippen molar-refractivity contribution >= 4 is 53.4 Å². The molecular formula is C63H39N3OS. The number of rotatable bonds is 8. The predicted octanol–water partition coefficient (Wildman–Crippen LogP) is 17.5. The van der Waals surface area contributed by atoms with Crippen LogP contribution in [0.5, 0.6) is 0 Å². The Morgan fingerprint density at radius 2 is 0.853 bits per heavy atom. The normalized spacial score (nSPS) is 12.6. The third kappa shape index (κ3) is 6.96. The molecule has 0 atom stereocenters. The highest BCUT2D eigenvalue weighted by Gasteiger charge is 2.22. The molecule has 5 heteroatoms. The molecule has 0 amide bonds. The van der Waals surface area contributed by atoms with E-state index in [1.165, 1.54) is 0 Å².